The molecule has 31 heavy (non-hydrogen) atoms. The van der Waals surface area contributed by atoms with E-state index in [0.717, 1.165) is 23.4 Å². The van der Waals surface area contributed by atoms with Crippen molar-refractivity contribution in [3.8, 4) is 23.0 Å². The van der Waals surface area contributed by atoms with E-state index in [0.29, 0.717) is 11.3 Å². The highest BCUT2D eigenvalue weighted by atomic mass is 19.1. The van der Waals surface area contributed by atoms with Crippen LogP contribution < -0.4 is 5.32 Å². The molecule has 4 aromatic rings. The minimum absolute atomic E-state index is 0.0117. The van der Waals surface area contributed by atoms with Crippen molar-refractivity contribution in [1.29, 1.82) is 5.26 Å². The van der Waals surface area contributed by atoms with Crippen LogP contribution in [0.4, 0.5) is 8.78 Å². The molecule has 0 radical (unpaired) electrons. The van der Waals surface area contributed by atoms with Crippen molar-refractivity contribution in [1.82, 2.24) is 20.1 Å². The van der Waals surface area contributed by atoms with Crippen LogP contribution in [-0.2, 0) is 6.54 Å². The molecule has 0 unspecified atom stereocenters. The van der Waals surface area contributed by atoms with Crippen LogP contribution in [0.1, 0.15) is 21.5 Å². The fourth-order valence-corrected chi connectivity index (χ4v) is 3.12. The first-order valence-corrected chi connectivity index (χ1v) is 9.28. The number of amides is 1. The molecule has 0 bridgehead atoms. The van der Waals surface area contributed by atoms with E-state index in [1.165, 1.54) is 0 Å². The lowest BCUT2D eigenvalue weighted by atomic mass is 10.1. The zero-order valence-electron chi connectivity index (χ0n) is 16.1. The van der Waals surface area contributed by atoms with E-state index in [-0.39, 0.29) is 12.1 Å². The number of hydrogen-bond acceptors (Lipinski definition) is 4. The smallest absolute Gasteiger partial charge is 0.257 e. The maximum Gasteiger partial charge on any atom is 0.257 e. The first-order chi connectivity index (χ1) is 15.1. The number of rotatable bonds is 5. The van der Waals surface area contributed by atoms with Crippen molar-refractivity contribution >= 4 is 5.91 Å². The van der Waals surface area contributed by atoms with Crippen molar-refractivity contribution in [3.63, 3.8) is 0 Å². The van der Waals surface area contributed by atoms with Gasteiger partial charge in [-0.3, -0.25) is 9.78 Å². The van der Waals surface area contributed by atoms with Crippen LogP contribution in [0, 0.1) is 23.0 Å². The van der Waals surface area contributed by atoms with Crippen molar-refractivity contribution in [2.24, 2.45) is 0 Å². The van der Waals surface area contributed by atoms with Crippen LogP contribution in [0.3, 0.4) is 0 Å². The number of carbonyl (C=O) groups is 1. The second-order valence-electron chi connectivity index (χ2n) is 6.63. The minimum atomic E-state index is -1.09. The molecular formula is C23H15F2N5O. The SMILES string of the molecule is N#Cc1cc(F)c(C(=O)NCc2cn(-c3ccccc3)nc2-c2ccncc2)c(F)c1. The average molecular weight is 415 g/mol. The number of carbonyl (C=O) groups excluding carboxylic acids is 1. The number of aromatic nitrogens is 3. The molecule has 0 fully saturated rings. The van der Waals surface area contributed by atoms with Gasteiger partial charge in [-0.25, -0.2) is 13.5 Å². The van der Waals surface area contributed by atoms with Crippen LogP contribution in [0.25, 0.3) is 16.9 Å². The number of para-hydroxylation sites is 1. The van der Waals surface area contributed by atoms with Crippen LogP contribution in [-0.4, -0.2) is 20.7 Å². The first kappa shape index (κ1) is 19.9. The largest absolute Gasteiger partial charge is 0.348 e. The maximum atomic E-state index is 14.2. The lowest BCUT2D eigenvalue weighted by Crippen LogP contribution is -2.25. The molecular weight excluding hydrogens is 400 g/mol. The third kappa shape index (κ3) is 4.16. The predicted octanol–water partition coefficient (Wildman–Crippen LogP) is 4.01. The van der Waals surface area contributed by atoms with E-state index in [4.69, 9.17) is 5.26 Å². The van der Waals surface area contributed by atoms with Crippen molar-refractivity contribution in [2.75, 3.05) is 0 Å². The Bertz CT molecular complexity index is 1260. The third-order valence-corrected chi connectivity index (χ3v) is 4.60. The molecule has 4 rings (SSSR count). The highest BCUT2D eigenvalue weighted by molar-refractivity contribution is 5.95. The topological polar surface area (TPSA) is 83.6 Å². The number of benzene rings is 2. The summed E-state index contributed by atoms with van der Waals surface area (Å²) >= 11 is 0. The fraction of sp³-hybridized carbons (Fsp3) is 0.0435. The molecule has 1 N–H and O–H groups in total. The normalized spacial score (nSPS) is 10.5. The lowest BCUT2D eigenvalue weighted by Gasteiger charge is -2.08. The molecule has 0 aliphatic carbocycles. The van der Waals surface area contributed by atoms with Gasteiger partial charge in [-0.1, -0.05) is 18.2 Å². The summed E-state index contributed by atoms with van der Waals surface area (Å²) < 4.78 is 30.0. The van der Waals surface area contributed by atoms with Crippen LogP contribution >= 0.6 is 0 Å². The summed E-state index contributed by atoms with van der Waals surface area (Å²) in [5, 5.41) is 16.0. The molecule has 0 aliphatic heterocycles. The molecule has 0 aliphatic rings. The van der Waals surface area contributed by atoms with Crippen molar-refractivity contribution < 1.29 is 13.6 Å². The fourth-order valence-electron chi connectivity index (χ4n) is 3.12. The van der Waals surface area contributed by atoms with Crippen LogP contribution in [0.5, 0.6) is 0 Å². The number of hydrogen-bond donors (Lipinski definition) is 1. The molecule has 152 valence electrons. The summed E-state index contributed by atoms with van der Waals surface area (Å²) in [4.78, 5) is 16.5. The summed E-state index contributed by atoms with van der Waals surface area (Å²) in [5.41, 5.74) is 1.92. The molecule has 1 amide bonds. The van der Waals surface area contributed by atoms with Gasteiger partial charge in [0.2, 0.25) is 0 Å². The van der Waals surface area contributed by atoms with Gasteiger partial charge < -0.3 is 5.32 Å². The molecule has 0 saturated heterocycles. The Morgan fingerprint density at radius 1 is 1.06 bits per heavy atom. The maximum absolute atomic E-state index is 14.2. The summed E-state index contributed by atoms with van der Waals surface area (Å²) in [6.07, 6.45) is 5.00. The summed E-state index contributed by atoms with van der Waals surface area (Å²) in [5.74, 6) is -3.11. The predicted molar refractivity (Wildman–Crippen MR) is 109 cm³/mol. The van der Waals surface area contributed by atoms with Gasteiger partial charge in [0.15, 0.2) is 0 Å². The zero-order valence-corrected chi connectivity index (χ0v) is 16.1. The third-order valence-electron chi connectivity index (χ3n) is 4.60. The first-order valence-electron chi connectivity index (χ1n) is 9.28. The second-order valence-corrected chi connectivity index (χ2v) is 6.63. The monoisotopic (exact) mass is 415 g/mol. The Balaban J connectivity index is 1.65. The van der Waals surface area contributed by atoms with Gasteiger partial charge in [0.1, 0.15) is 17.2 Å². The van der Waals surface area contributed by atoms with E-state index in [9.17, 15) is 13.6 Å². The Hall–Kier alpha value is -4.38. The van der Waals surface area contributed by atoms with Gasteiger partial charge in [0, 0.05) is 36.3 Å². The second kappa shape index (κ2) is 8.55. The van der Waals surface area contributed by atoms with E-state index in [1.807, 2.05) is 30.3 Å². The van der Waals surface area contributed by atoms with E-state index in [1.54, 1.807) is 41.5 Å². The quantitative estimate of drug-likeness (QED) is 0.534. The summed E-state index contributed by atoms with van der Waals surface area (Å²) in [6, 6.07) is 16.3. The van der Waals surface area contributed by atoms with E-state index in [2.05, 4.69) is 15.4 Å². The summed E-state index contributed by atoms with van der Waals surface area (Å²) in [7, 11) is 0. The Kier molecular flexibility index (Phi) is 5.49. The zero-order chi connectivity index (χ0) is 21.8. The standard InChI is InChI=1S/C23H15F2N5O/c24-19-10-15(12-26)11-20(25)21(19)23(31)28-13-17-14-30(18-4-2-1-3-5-18)29-22(17)16-6-8-27-9-7-16/h1-11,14H,13H2,(H,28,31). The number of nitrogens with zero attached hydrogens (tertiary/aromatic N) is 4. The van der Waals surface area contributed by atoms with Gasteiger partial charge in [0.05, 0.1) is 23.0 Å². The molecule has 8 heteroatoms. The van der Waals surface area contributed by atoms with Gasteiger partial charge in [0.25, 0.3) is 5.91 Å². The molecule has 2 heterocycles. The Labute approximate surface area is 176 Å². The molecule has 0 saturated carbocycles. The molecule has 2 aromatic heterocycles. The van der Waals surface area contributed by atoms with Crippen molar-refractivity contribution in [2.45, 2.75) is 6.54 Å². The van der Waals surface area contributed by atoms with Gasteiger partial charge in [-0.05, 0) is 36.4 Å². The molecule has 0 spiro atoms. The highest BCUT2D eigenvalue weighted by Gasteiger charge is 2.20. The number of pyridine rings is 1. The van der Waals surface area contributed by atoms with Crippen LogP contribution in [0.2, 0.25) is 0 Å². The Morgan fingerprint density at radius 3 is 2.39 bits per heavy atom. The Morgan fingerprint density at radius 2 is 1.74 bits per heavy atom. The van der Waals surface area contributed by atoms with Crippen LogP contribution in [0.15, 0.2) is 73.2 Å². The van der Waals surface area contributed by atoms with Gasteiger partial charge >= 0.3 is 0 Å². The van der Waals surface area contributed by atoms with E-state index >= 15 is 0 Å². The van der Waals surface area contributed by atoms with Crippen molar-refractivity contribution in [3.05, 3.63) is 102 Å². The average Bonchev–Trinajstić information content (AvgIpc) is 3.22. The van der Waals surface area contributed by atoms with Gasteiger partial charge in [-0.2, -0.15) is 10.4 Å². The molecule has 2 aromatic carbocycles. The highest BCUT2D eigenvalue weighted by Crippen LogP contribution is 2.23. The van der Waals surface area contributed by atoms with E-state index < -0.39 is 23.1 Å². The number of nitriles is 1. The number of nitrogens with one attached hydrogen (secondary N) is 1. The molecule has 0 atom stereocenters. The molecule has 6 nitrogen and oxygen atoms in total. The van der Waals surface area contributed by atoms with Gasteiger partial charge in [-0.15, -0.1) is 0 Å². The lowest BCUT2D eigenvalue weighted by molar-refractivity contribution is 0.0942. The summed E-state index contributed by atoms with van der Waals surface area (Å²) in [6.45, 7) is -0.0117. The minimum Gasteiger partial charge on any atom is -0.348 e. The number of halogens is 2.